The van der Waals surface area contributed by atoms with Gasteiger partial charge in [0.2, 0.25) is 0 Å². The molecule has 1 aliphatic carbocycles. The minimum Gasteiger partial charge on any atom is -0.498 e. The molecule has 4 heteroatoms. The molecule has 0 aromatic heterocycles. The fourth-order valence-electron chi connectivity index (χ4n) is 1.75. The summed E-state index contributed by atoms with van der Waals surface area (Å²) in [5.41, 5.74) is 1.45. The van der Waals surface area contributed by atoms with Crippen LogP contribution in [0.25, 0.3) is 0 Å². The van der Waals surface area contributed by atoms with E-state index in [0.29, 0.717) is 18.2 Å². The molecule has 2 rings (SSSR count). The van der Waals surface area contributed by atoms with E-state index in [0.717, 1.165) is 24.2 Å². The number of hydrogen-bond donors (Lipinski definition) is 0. The Labute approximate surface area is 100 Å². The van der Waals surface area contributed by atoms with Crippen molar-refractivity contribution in [1.29, 1.82) is 0 Å². The molecule has 0 saturated carbocycles. The average Bonchev–Trinajstić information content (AvgIpc) is 2.61. The van der Waals surface area contributed by atoms with Gasteiger partial charge < -0.3 is 9.47 Å². The molecule has 17 heavy (non-hydrogen) atoms. The summed E-state index contributed by atoms with van der Waals surface area (Å²) in [7, 11) is 0. The van der Waals surface area contributed by atoms with Gasteiger partial charge in [0.1, 0.15) is 0 Å². The molecule has 90 valence electrons. The summed E-state index contributed by atoms with van der Waals surface area (Å²) in [5, 5.41) is 0. The van der Waals surface area contributed by atoms with Crippen LogP contribution in [0.1, 0.15) is 26.7 Å². The molecule has 0 amide bonds. The highest BCUT2D eigenvalue weighted by molar-refractivity contribution is 6.04. The van der Waals surface area contributed by atoms with Gasteiger partial charge >= 0.3 is 5.97 Å². The second kappa shape index (κ2) is 4.99. The van der Waals surface area contributed by atoms with E-state index in [1.807, 2.05) is 19.1 Å². The molecular formula is C13H15NO3. The van der Waals surface area contributed by atoms with Crippen LogP contribution in [0.15, 0.2) is 40.2 Å². The molecule has 1 aliphatic heterocycles. The molecule has 0 aromatic carbocycles. The molecule has 0 saturated heterocycles. The number of rotatable bonds is 3. The molecule has 0 N–H and O–H groups in total. The molecule has 0 fully saturated rings. The monoisotopic (exact) mass is 233 g/mol. The topological polar surface area (TPSA) is 47.9 Å². The van der Waals surface area contributed by atoms with E-state index in [2.05, 4.69) is 4.99 Å². The summed E-state index contributed by atoms with van der Waals surface area (Å²) >= 11 is 0. The number of ether oxygens (including phenoxy) is 2. The third-order valence-corrected chi connectivity index (χ3v) is 2.52. The second-order valence-electron chi connectivity index (χ2n) is 3.86. The number of nitrogens with zero attached hydrogens (tertiary/aromatic N) is 1. The van der Waals surface area contributed by atoms with Crippen molar-refractivity contribution in [3.63, 3.8) is 0 Å². The molecule has 4 nitrogen and oxygen atoms in total. The van der Waals surface area contributed by atoms with Gasteiger partial charge in [-0.15, -0.1) is 0 Å². The average molecular weight is 233 g/mol. The lowest BCUT2D eigenvalue weighted by atomic mass is 10.0. The van der Waals surface area contributed by atoms with Gasteiger partial charge in [0.05, 0.1) is 12.4 Å². The fourth-order valence-corrected chi connectivity index (χ4v) is 1.75. The van der Waals surface area contributed by atoms with Crippen LogP contribution in [0.5, 0.6) is 0 Å². The molecular weight excluding hydrogens is 218 g/mol. The van der Waals surface area contributed by atoms with Crippen LogP contribution in [0.2, 0.25) is 0 Å². The quantitative estimate of drug-likeness (QED) is 0.555. The zero-order chi connectivity index (χ0) is 12.3. The van der Waals surface area contributed by atoms with Gasteiger partial charge in [0.15, 0.2) is 11.6 Å². The van der Waals surface area contributed by atoms with E-state index in [9.17, 15) is 4.79 Å². The van der Waals surface area contributed by atoms with Gasteiger partial charge in [-0.2, -0.15) is 0 Å². The van der Waals surface area contributed by atoms with Crippen molar-refractivity contribution in [3.8, 4) is 0 Å². The summed E-state index contributed by atoms with van der Waals surface area (Å²) in [6, 6.07) is 0. The van der Waals surface area contributed by atoms with Gasteiger partial charge in [0, 0.05) is 13.3 Å². The van der Waals surface area contributed by atoms with Crippen LogP contribution in [0.4, 0.5) is 0 Å². The van der Waals surface area contributed by atoms with Gasteiger partial charge in [-0.25, -0.2) is 9.79 Å². The van der Waals surface area contributed by atoms with E-state index in [1.165, 1.54) is 0 Å². The van der Waals surface area contributed by atoms with Crippen LogP contribution in [-0.4, -0.2) is 18.5 Å². The predicted octanol–water partition coefficient (Wildman–Crippen LogP) is 2.49. The summed E-state index contributed by atoms with van der Waals surface area (Å²) in [4.78, 5) is 15.4. The Bertz CT molecular complexity index is 455. The first kappa shape index (κ1) is 11.6. The maximum absolute atomic E-state index is 11.4. The molecule has 0 spiro atoms. The third-order valence-electron chi connectivity index (χ3n) is 2.52. The molecule has 0 atom stereocenters. The fraction of sp³-hybridized carbons (Fsp3) is 0.385. The van der Waals surface area contributed by atoms with Crippen LogP contribution in [0, 0.1) is 0 Å². The SMILES string of the molecule is CCOC1=CC=C(C=C2N=C(C)OC2=O)CC1. The first-order valence-electron chi connectivity index (χ1n) is 5.70. The maximum Gasteiger partial charge on any atom is 0.363 e. The molecule has 2 aliphatic rings. The summed E-state index contributed by atoms with van der Waals surface area (Å²) in [6.45, 7) is 4.32. The van der Waals surface area contributed by atoms with E-state index in [1.54, 1.807) is 13.0 Å². The Kier molecular flexibility index (Phi) is 3.42. The van der Waals surface area contributed by atoms with Gasteiger partial charge in [-0.3, -0.25) is 0 Å². The molecule has 0 unspecified atom stereocenters. The third kappa shape index (κ3) is 2.84. The number of hydrogen-bond acceptors (Lipinski definition) is 4. The first-order chi connectivity index (χ1) is 8.19. The van der Waals surface area contributed by atoms with Crippen LogP contribution >= 0.6 is 0 Å². The lowest BCUT2D eigenvalue weighted by Gasteiger charge is -2.12. The first-order valence-corrected chi connectivity index (χ1v) is 5.70. The maximum atomic E-state index is 11.4. The van der Waals surface area contributed by atoms with Crippen molar-refractivity contribution in [3.05, 3.63) is 35.3 Å². The number of carbonyl (C=O) groups is 1. The lowest BCUT2D eigenvalue weighted by molar-refractivity contribution is -0.130. The van der Waals surface area contributed by atoms with E-state index in [-0.39, 0.29) is 5.97 Å². The number of allylic oxidation sites excluding steroid dienone is 5. The molecule has 0 bridgehead atoms. The minimum absolute atomic E-state index is 0.372. The van der Waals surface area contributed by atoms with Crippen molar-refractivity contribution in [2.45, 2.75) is 26.7 Å². The molecule has 1 heterocycles. The minimum atomic E-state index is -0.372. The highest BCUT2D eigenvalue weighted by Crippen LogP contribution is 2.22. The van der Waals surface area contributed by atoms with Gasteiger partial charge in [-0.05, 0) is 31.1 Å². The largest absolute Gasteiger partial charge is 0.498 e. The van der Waals surface area contributed by atoms with Crippen LogP contribution in [-0.2, 0) is 14.3 Å². The number of cyclic esters (lactones) is 1. The zero-order valence-electron chi connectivity index (χ0n) is 10.0. The molecule has 0 radical (unpaired) electrons. The molecule has 0 aromatic rings. The standard InChI is InChI=1S/C13H15NO3/c1-3-16-11-6-4-10(5-7-11)8-12-13(15)17-9(2)14-12/h4,6,8H,3,5,7H2,1-2H3. The highest BCUT2D eigenvalue weighted by atomic mass is 16.6. The van der Waals surface area contributed by atoms with Gasteiger partial charge in [0.25, 0.3) is 0 Å². The van der Waals surface area contributed by atoms with Crippen LogP contribution < -0.4 is 0 Å². The Hall–Kier alpha value is -1.84. The summed E-state index contributed by atoms with van der Waals surface area (Å²) in [6.07, 6.45) is 7.39. The predicted molar refractivity (Wildman–Crippen MR) is 64.3 cm³/mol. The number of aliphatic imine (C=N–C) groups is 1. The normalized spacial score (nSPS) is 21.9. The van der Waals surface area contributed by atoms with Crippen LogP contribution in [0.3, 0.4) is 0 Å². The Morgan fingerprint density at radius 2 is 2.29 bits per heavy atom. The van der Waals surface area contributed by atoms with E-state index < -0.39 is 0 Å². The summed E-state index contributed by atoms with van der Waals surface area (Å²) < 4.78 is 10.3. The number of esters is 1. The van der Waals surface area contributed by atoms with Crippen molar-refractivity contribution in [2.24, 2.45) is 4.99 Å². The van der Waals surface area contributed by atoms with Gasteiger partial charge in [-0.1, -0.05) is 6.08 Å². The highest BCUT2D eigenvalue weighted by Gasteiger charge is 2.20. The smallest absolute Gasteiger partial charge is 0.363 e. The lowest BCUT2D eigenvalue weighted by Crippen LogP contribution is -2.01. The zero-order valence-corrected chi connectivity index (χ0v) is 10.0. The summed E-state index contributed by atoms with van der Waals surface area (Å²) in [5.74, 6) is 1.02. The Morgan fingerprint density at radius 1 is 1.47 bits per heavy atom. The Balaban J connectivity index is 2.11. The Morgan fingerprint density at radius 3 is 2.82 bits per heavy atom. The van der Waals surface area contributed by atoms with E-state index >= 15 is 0 Å². The van der Waals surface area contributed by atoms with Crippen molar-refractivity contribution in [1.82, 2.24) is 0 Å². The van der Waals surface area contributed by atoms with Crippen molar-refractivity contribution < 1.29 is 14.3 Å². The van der Waals surface area contributed by atoms with Crippen molar-refractivity contribution >= 4 is 11.9 Å². The van der Waals surface area contributed by atoms with Crippen molar-refractivity contribution in [2.75, 3.05) is 6.61 Å². The second-order valence-corrected chi connectivity index (χ2v) is 3.86. The number of carbonyl (C=O) groups excluding carboxylic acids is 1. The van der Waals surface area contributed by atoms with E-state index in [4.69, 9.17) is 9.47 Å².